The quantitative estimate of drug-likeness (QED) is 0.849. The van der Waals surface area contributed by atoms with Gasteiger partial charge in [-0.25, -0.2) is 4.98 Å². The van der Waals surface area contributed by atoms with Crippen molar-refractivity contribution in [1.82, 2.24) is 4.98 Å². The Hall–Kier alpha value is -1.13. The molecule has 3 atom stereocenters. The van der Waals surface area contributed by atoms with Gasteiger partial charge in [0, 0.05) is 24.8 Å². The van der Waals surface area contributed by atoms with Gasteiger partial charge in [0.15, 0.2) is 0 Å². The van der Waals surface area contributed by atoms with Gasteiger partial charge in [0.05, 0.1) is 18.3 Å². The average molecular weight is 236 g/mol. The van der Waals surface area contributed by atoms with Crippen LogP contribution in [-0.2, 0) is 4.74 Å². The second kappa shape index (κ2) is 5.02. The number of anilines is 1. The summed E-state index contributed by atoms with van der Waals surface area (Å²) in [6.45, 7) is 7.54. The number of aliphatic hydroxyl groups is 1. The second-order valence-electron chi connectivity index (χ2n) is 4.75. The van der Waals surface area contributed by atoms with Gasteiger partial charge in [-0.05, 0) is 26.8 Å². The van der Waals surface area contributed by atoms with Crippen molar-refractivity contribution >= 4 is 5.82 Å². The minimum absolute atomic E-state index is 0.197. The molecule has 4 nitrogen and oxygen atoms in total. The summed E-state index contributed by atoms with van der Waals surface area (Å²) in [5.74, 6) is 0.879. The van der Waals surface area contributed by atoms with Crippen LogP contribution in [0.15, 0.2) is 18.3 Å². The Balaban J connectivity index is 2.27. The third-order valence-corrected chi connectivity index (χ3v) is 2.99. The Morgan fingerprint density at radius 1 is 1.41 bits per heavy atom. The van der Waals surface area contributed by atoms with E-state index in [-0.39, 0.29) is 12.2 Å². The summed E-state index contributed by atoms with van der Waals surface area (Å²) >= 11 is 0. The van der Waals surface area contributed by atoms with E-state index in [0.29, 0.717) is 0 Å². The molecule has 0 aromatic carbocycles. The van der Waals surface area contributed by atoms with E-state index in [1.165, 1.54) is 0 Å². The lowest BCUT2D eigenvalue weighted by atomic mass is 10.1. The number of morpholine rings is 1. The predicted molar refractivity (Wildman–Crippen MR) is 67.1 cm³/mol. The Bertz CT molecular complexity index is 371. The lowest BCUT2D eigenvalue weighted by Gasteiger charge is -2.37. The zero-order chi connectivity index (χ0) is 12.4. The molecule has 0 spiro atoms. The summed E-state index contributed by atoms with van der Waals surface area (Å²) in [7, 11) is 0. The number of aliphatic hydroxyl groups excluding tert-OH is 1. The summed E-state index contributed by atoms with van der Waals surface area (Å²) in [5, 5.41) is 9.77. The molecule has 1 fully saturated rings. The molecule has 94 valence electrons. The summed E-state index contributed by atoms with van der Waals surface area (Å²) in [5.41, 5.74) is 0.883. The molecule has 4 heteroatoms. The van der Waals surface area contributed by atoms with Crippen LogP contribution in [0.2, 0.25) is 0 Å². The first-order valence-corrected chi connectivity index (χ1v) is 6.11. The number of ether oxygens (including phenoxy) is 1. The number of rotatable bonds is 2. The summed E-state index contributed by atoms with van der Waals surface area (Å²) in [6.07, 6.45) is 1.67. The zero-order valence-corrected chi connectivity index (χ0v) is 10.6. The predicted octanol–water partition coefficient (Wildman–Crippen LogP) is 1.75. The van der Waals surface area contributed by atoms with Gasteiger partial charge in [0.1, 0.15) is 5.82 Å². The van der Waals surface area contributed by atoms with Gasteiger partial charge < -0.3 is 14.7 Å². The van der Waals surface area contributed by atoms with Crippen molar-refractivity contribution in [2.75, 3.05) is 18.0 Å². The molecule has 0 saturated carbocycles. The molecular formula is C13H20N2O2. The van der Waals surface area contributed by atoms with E-state index >= 15 is 0 Å². The van der Waals surface area contributed by atoms with Gasteiger partial charge in [-0.3, -0.25) is 0 Å². The Morgan fingerprint density at radius 2 is 2.06 bits per heavy atom. The van der Waals surface area contributed by atoms with E-state index in [1.54, 1.807) is 13.1 Å². The molecule has 2 unspecified atom stereocenters. The van der Waals surface area contributed by atoms with Crippen molar-refractivity contribution in [3.63, 3.8) is 0 Å². The van der Waals surface area contributed by atoms with Crippen LogP contribution in [0, 0.1) is 0 Å². The van der Waals surface area contributed by atoms with Crippen LogP contribution in [-0.4, -0.2) is 35.4 Å². The minimum atomic E-state index is -0.493. The Morgan fingerprint density at radius 3 is 2.65 bits per heavy atom. The van der Waals surface area contributed by atoms with E-state index in [2.05, 4.69) is 23.7 Å². The highest BCUT2D eigenvalue weighted by Crippen LogP contribution is 2.26. The third-order valence-electron chi connectivity index (χ3n) is 2.99. The van der Waals surface area contributed by atoms with Crippen molar-refractivity contribution in [3.8, 4) is 0 Å². The molecule has 1 aliphatic rings. The van der Waals surface area contributed by atoms with Gasteiger partial charge in [0.25, 0.3) is 0 Å². The standard InChI is InChI=1S/C13H20N2O2/c1-9-7-15(8-10(2)17-9)13-12(11(3)16)5-4-6-14-13/h4-6,9-11,16H,7-8H2,1-3H3/t9?,10?,11-/m1/s1. The van der Waals surface area contributed by atoms with Gasteiger partial charge in [-0.15, -0.1) is 0 Å². The first-order valence-electron chi connectivity index (χ1n) is 6.11. The number of hydrogen-bond acceptors (Lipinski definition) is 4. The monoisotopic (exact) mass is 236 g/mol. The van der Waals surface area contributed by atoms with Gasteiger partial charge in [-0.1, -0.05) is 6.07 Å². The molecule has 1 aromatic heterocycles. The van der Waals surface area contributed by atoms with E-state index in [9.17, 15) is 5.11 Å². The maximum absolute atomic E-state index is 9.77. The molecule has 2 heterocycles. The largest absolute Gasteiger partial charge is 0.389 e. The van der Waals surface area contributed by atoms with Crippen LogP contribution in [0.5, 0.6) is 0 Å². The van der Waals surface area contributed by atoms with Crippen molar-refractivity contribution < 1.29 is 9.84 Å². The Labute approximate surface area is 102 Å². The van der Waals surface area contributed by atoms with E-state index in [1.807, 2.05) is 12.1 Å². The minimum Gasteiger partial charge on any atom is -0.389 e. The molecular weight excluding hydrogens is 216 g/mol. The number of aromatic nitrogens is 1. The third kappa shape index (κ3) is 2.76. The fourth-order valence-corrected chi connectivity index (χ4v) is 2.35. The normalized spacial score (nSPS) is 26.9. The first kappa shape index (κ1) is 12.3. The zero-order valence-electron chi connectivity index (χ0n) is 10.6. The smallest absolute Gasteiger partial charge is 0.134 e. The van der Waals surface area contributed by atoms with Gasteiger partial charge >= 0.3 is 0 Å². The topological polar surface area (TPSA) is 45.6 Å². The number of pyridine rings is 1. The van der Waals surface area contributed by atoms with Gasteiger partial charge in [0.2, 0.25) is 0 Å². The second-order valence-corrected chi connectivity index (χ2v) is 4.75. The van der Waals surface area contributed by atoms with E-state index in [4.69, 9.17) is 4.74 Å². The highest BCUT2D eigenvalue weighted by Gasteiger charge is 2.25. The van der Waals surface area contributed by atoms with Crippen molar-refractivity contribution in [1.29, 1.82) is 0 Å². The number of nitrogens with zero attached hydrogens (tertiary/aromatic N) is 2. The van der Waals surface area contributed by atoms with E-state index < -0.39 is 6.10 Å². The van der Waals surface area contributed by atoms with Crippen LogP contribution in [0.1, 0.15) is 32.4 Å². The highest BCUT2D eigenvalue weighted by molar-refractivity contribution is 5.48. The van der Waals surface area contributed by atoms with Crippen molar-refractivity contribution in [2.45, 2.75) is 39.1 Å². The fourth-order valence-electron chi connectivity index (χ4n) is 2.35. The maximum Gasteiger partial charge on any atom is 0.134 e. The maximum atomic E-state index is 9.77. The van der Waals surface area contributed by atoms with Crippen LogP contribution in [0.25, 0.3) is 0 Å². The lowest BCUT2D eigenvalue weighted by Crippen LogP contribution is -2.46. The molecule has 1 aliphatic heterocycles. The molecule has 0 radical (unpaired) electrons. The molecule has 2 rings (SSSR count). The van der Waals surface area contributed by atoms with Crippen molar-refractivity contribution in [2.24, 2.45) is 0 Å². The highest BCUT2D eigenvalue weighted by atomic mass is 16.5. The van der Waals surface area contributed by atoms with Crippen LogP contribution < -0.4 is 4.90 Å². The molecule has 1 saturated heterocycles. The molecule has 1 aromatic rings. The summed E-state index contributed by atoms with van der Waals surface area (Å²) in [4.78, 5) is 6.60. The van der Waals surface area contributed by atoms with Crippen LogP contribution >= 0.6 is 0 Å². The van der Waals surface area contributed by atoms with Crippen LogP contribution in [0.4, 0.5) is 5.82 Å². The van der Waals surface area contributed by atoms with Crippen molar-refractivity contribution in [3.05, 3.63) is 23.9 Å². The lowest BCUT2D eigenvalue weighted by molar-refractivity contribution is -0.00563. The first-order chi connectivity index (χ1) is 8.08. The summed E-state index contributed by atoms with van der Waals surface area (Å²) < 4.78 is 5.71. The fraction of sp³-hybridized carbons (Fsp3) is 0.615. The molecule has 0 bridgehead atoms. The summed E-state index contributed by atoms with van der Waals surface area (Å²) in [6, 6.07) is 3.79. The molecule has 0 aliphatic carbocycles. The number of hydrogen-bond donors (Lipinski definition) is 1. The Kier molecular flexibility index (Phi) is 3.64. The molecule has 17 heavy (non-hydrogen) atoms. The molecule has 1 N–H and O–H groups in total. The van der Waals surface area contributed by atoms with Gasteiger partial charge in [-0.2, -0.15) is 0 Å². The van der Waals surface area contributed by atoms with E-state index in [0.717, 1.165) is 24.5 Å². The van der Waals surface area contributed by atoms with Crippen LogP contribution in [0.3, 0.4) is 0 Å². The molecule has 0 amide bonds. The SMILES string of the molecule is CC1CN(c2ncccc2[C@@H](C)O)CC(C)O1. The average Bonchev–Trinajstić information content (AvgIpc) is 2.27.